The van der Waals surface area contributed by atoms with Crippen molar-refractivity contribution >= 4 is 0 Å². The molecule has 0 amide bonds. The molecule has 0 saturated heterocycles. The minimum absolute atomic E-state index is 0.00963. The SMILES string of the molecule is Cc1ccc(C(F)(F)COC2CC[C@H](N)C2)cc1. The van der Waals surface area contributed by atoms with Gasteiger partial charge in [0.1, 0.15) is 6.61 Å². The molecule has 4 heteroatoms. The average Bonchev–Trinajstić information content (AvgIpc) is 2.73. The van der Waals surface area contributed by atoms with Crippen molar-refractivity contribution in [2.75, 3.05) is 6.61 Å². The van der Waals surface area contributed by atoms with Crippen LogP contribution in [0, 0.1) is 6.92 Å². The lowest BCUT2D eigenvalue weighted by atomic mass is 10.1. The molecule has 2 rings (SSSR count). The molecule has 0 bridgehead atoms. The van der Waals surface area contributed by atoms with Gasteiger partial charge in [0, 0.05) is 11.6 Å². The minimum Gasteiger partial charge on any atom is -0.372 e. The lowest BCUT2D eigenvalue weighted by Gasteiger charge is -2.20. The quantitative estimate of drug-likeness (QED) is 0.897. The number of alkyl halides is 2. The summed E-state index contributed by atoms with van der Waals surface area (Å²) in [5, 5.41) is 0. The zero-order chi connectivity index (χ0) is 13.2. The van der Waals surface area contributed by atoms with Gasteiger partial charge in [0.05, 0.1) is 6.10 Å². The first kappa shape index (κ1) is 13.4. The van der Waals surface area contributed by atoms with Gasteiger partial charge in [-0.15, -0.1) is 0 Å². The van der Waals surface area contributed by atoms with E-state index in [2.05, 4.69) is 0 Å². The van der Waals surface area contributed by atoms with Crippen LogP contribution in [0.4, 0.5) is 8.78 Å². The molecular weight excluding hydrogens is 236 g/mol. The van der Waals surface area contributed by atoms with Crippen molar-refractivity contribution in [1.29, 1.82) is 0 Å². The van der Waals surface area contributed by atoms with Gasteiger partial charge < -0.3 is 10.5 Å². The topological polar surface area (TPSA) is 35.2 Å². The van der Waals surface area contributed by atoms with Crippen LogP contribution in [0.3, 0.4) is 0 Å². The van der Waals surface area contributed by atoms with Crippen LogP contribution in [0.1, 0.15) is 30.4 Å². The molecule has 0 radical (unpaired) electrons. The highest BCUT2D eigenvalue weighted by molar-refractivity contribution is 5.24. The Morgan fingerprint density at radius 3 is 2.50 bits per heavy atom. The van der Waals surface area contributed by atoms with Crippen LogP contribution in [0.25, 0.3) is 0 Å². The summed E-state index contributed by atoms with van der Waals surface area (Å²) >= 11 is 0. The van der Waals surface area contributed by atoms with E-state index in [0.29, 0.717) is 6.42 Å². The van der Waals surface area contributed by atoms with Gasteiger partial charge in [0.15, 0.2) is 0 Å². The molecule has 1 fully saturated rings. The molecule has 0 aromatic heterocycles. The summed E-state index contributed by atoms with van der Waals surface area (Å²) in [4.78, 5) is 0. The van der Waals surface area contributed by atoms with Crippen molar-refractivity contribution in [2.45, 2.75) is 44.3 Å². The predicted octanol–water partition coefficient (Wildman–Crippen LogP) is 2.98. The maximum absolute atomic E-state index is 13.9. The number of aryl methyl sites for hydroxylation is 1. The first-order chi connectivity index (χ1) is 8.47. The minimum atomic E-state index is -2.93. The zero-order valence-electron chi connectivity index (χ0n) is 10.5. The first-order valence-electron chi connectivity index (χ1n) is 6.29. The van der Waals surface area contributed by atoms with Gasteiger partial charge >= 0.3 is 0 Å². The van der Waals surface area contributed by atoms with Gasteiger partial charge in [-0.05, 0) is 26.2 Å². The molecule has 1 aliphatic rings. The van der Waals surface area contributed by atoms with Crippen molar-refractivity contribution in [1.82, 2.24) is 0 Å². The molecule has 2 atom stereocenters. The fourth-order valence-electron chi connectivity index (χ4n) is 2.23. The third-order valence-corrected chi connectivity index (χ3v) is 3.40. The summed E-state index contributed by atoms with van der Waals surface area (Å²) in [5.41, 5.74) is 6.70. The monoisotopic (exact) mass is 255 g/mol. The van der Waals surface area contributed by atoms with Gasteiger partial charge in [-0.2, -0.15) is 8.78 Å². The number of halogens is 2. The fraction of sp³-hybridized carbons (Fsp3) is 0.571. The molecule has 1 aromatic carbocycles. The number of nitrogens with two attached hydrogens (primary N) is 1. The normalized spacial score (nSPS) is 24.4. The third-order valence-electron chi connectivity index (χ3n) is 3.40. The van der Waals surface area contributed by atoms with E-state index in [0.717, 1.165) is 18.4 Å². The fourth-order valence-corrected chi connectivity index (χ4v) is 2.23. The average molecular weight is 255 g/mol. The second-order valence-electron chi connectivity index (χ2n) is 5.08. The number of hydrogen-bond donors (Lipinski definition) is 1. The maximum Gasteiger partial charge on any atom is 0.296 e. The van der Waals surface area contributed by atoms with Crippen LogP contribution in [0.15, 0.2) is 24.3 Å². The van der Waals surface area contributed by atoms with E-state index in [1.165, 1.54) is 12.1 Å². The molecule has 1 saturated carbocycles. The largest absolute Gasteiger partial charge is 0.372 e. The van der Waals surface area contributed by atoms with E-state index < -0.39 is 12.5 Å². The van der Waals surface area contributed by atoms with Gasteiger partial charge in [-0.1, -0.05) is 29.8 Å². The summed E-state index contributed by atoms with van der Waals surface area (Å²) < 4.78 is 33.1. The van der Waals surface area contributed by atoms with E-state index in [1.54, 1.807) is 12.1 Å². The van der Waals surface area contributed by atoms with Crippen LogP contribution >= 0.6 is 0 Å². The second kappa shape index (κ2) is 5.33. The highest BCUT2D eigenvalue weighted by Gasteiger charge is 2.34. The zero-order valence-corrected chi connectivity index (χ0v) is 10.5. The molecular formula is C14H19F2NO. The molecule has 1 aliphatic carbocycles. The predicted molar refractivity (Wildman–Crippen MR) is 66.6 cm³/mol. The molecule has 18 heavy (non-hydrogen) atoms. The van der Waals surface area contributed by atoms with E-state index in [9.17, 15) is 8.78 Å². The van der Waals surface area contributed by atoms with Crippen molar-refractivity contribution in [2.24, 2.45) is 5.73 Å². The van der Waals surface area contributed by atoms with Gasteiger partial charge in [0.25, 0.3) is 5.92 Å². The summed E-state index contributed by atoms with van der Waals surface area (Å²) in [5.74, 6) is -2.93. The van der Waals surface area contributed by atoms with Crippen LogP contribution in [-0.2, 0) is 10.7 Å². The maximum atomic E-state index is 13.9. The van der Waals surface area contributed by atoms with E-state index in [4.69, 9.17) is 10.5 Å². The first-order valence-corrected chi connectivity index (χ1v) is 6.29. The molecule has 0 spiro atoms. The molecule has 0 aliphatic heterocycles. The highest BCUT2D eigenvalue weighted by atomic mass is 19.3. The Labute approximate surface area is 106 Å². The molecule has 2 nitrogen and oxygen atoms in total. The van der Waals surface area contributed by atoms with E-state index >= 15 is 0 Å². The summed E-state index contributed by atoms with van der Waals surface area (Å²) in [6.07, 6.45) is 2.21. The summed E-state index contributed by atoms with van der Waals surface area (Å²) in [6, 6.07) is 6.39. The second-order valence-corrected chi connectivity index (χ2v) is 5.08. The van der Waals surface area contributed by atoms with Crippen molar-refractivity contribution in [3.05, 3.63) is 35.4 Å². The van der Waals surface area contributed by atoms with Crippen molar-refractivity contribution in [3.8, 4) is 0 Å². The van der Waals surface area contributed by atoms with Gasteiger partial charge in [-0.3, -0.25) is 0 Å². The van der Waals surface area contributed by atoms with Crippen molar-refractivity contribution in [3.63, 3.8) is 0 Å². The number of ether oxygens (including phenoxy) is 1. The van der Waals surface area contributed by atoms with Gasteiger partial charge in [0.2, 0.25) is 0 Å². The number of hydrogen-bond acceptors (Lipinski definition) is 2. The Kier molecular flexibility index (Phi) is 3.97. The van der Waals surface area contributed by atoms with E-state index in [-0.39, 0.29) is 17.7 Å². The lowest BCUT2D eigenvalue weighted by molar-refractivity contribution is -0.103. The van der Waals surface area contributed by atoms with Crippen molar-refractivity contribution < 1.29 is 13.5 Å². The Morgan fingerprint density at radius 1 is 1.28 bits per heavy atom. The van der Waals surface area contributed by atoms with Crippen LogP contribution in [-0.4, -0.2) is 18.8 Å². The smallest absolute Gasteiger partial charge is 0.296 e. The third kappa shape index (κ3) is 3.27. The molecule has 100 valence electrons. The highest BCUT2D eigenvalue weighted by Crippen LogP contribution is 2.30. The molecule has 1 unspecified atom stereocenters. The van der Waals surface area contributed by atoms with Crippen LogP contribution < -0.4 is 5.73 Å². The molecule has 1 aromatic rings. The molecule has 0 heterocycles. The summed E-state index contributed by atoms with van der Waals surface area (Å²) in [7, 11) is 0. The Bertz CT molecular complexity index is 391. The Hall–Kier alpha value is -1.00. The van der Waals surface area contributed by atoms with E-state index in [1.807, 2.05) is 6.92 Å². The van der Waals surface area contributed by atoms with Crippen LogP contribution in [0.5, 0.6) is 0 Å². The number of rotatable bonds is 4. The summed E-state index contributed by atoms with van der Waals surface area (Å²) in [6.45, 7) is 1.31. The molecule has 2 N–H and O–H groups in total. The number of benzene rings is 1. The standard InChI is InChI=1S/C14H19F2NO/c1-10-2-4-11(5-3-10)14(15,16)9-18-13-7-6-12(17)8-13/h2-5,12-13H,6-9,17H2,1H3/t12-,13?/m0/s1. The Balaban J connectivity index is 1.92. The Morgan fingerprint density at radius 2 is 1.94 bits per heavy atom. The van der Waals surface area contributed by atoms with Gasteiger partial charge in [-0.25, -0.2) is 0 Å². The van der Waals surface area contributed by atoms with Crippen LogP contribution in [0.2, 0.25) is 0 Å². The lowest BCUT2D eigenvalue weighted by Crippen LogP contribution is -2.25.